The van der Waals surface area contributed by atoms with Crippen molar-refractivity contribution in [2.45, 2.75) is 6.18 Å². The molecule has 0 heterocycles. The predicted octanol–water partition coefficient (Wildman–Crippen LogP) is 2.81. The first-order valence-corrected chi connectivity index (χ1v) is 4.91. The summed E-state index contributed by atoms with van der Waals surface area (Å²) in [5, 5.41) is 11.5. The summed E-state index contributed by atoms with van der Waals surface area (Å²) in [6.07, 6.45) is -1.19. The zero-order chi connectivity index (χ0) is 12.9. The summed E-state index contributed by atoms with van der Waals surface area (Å²) in [5.41, 5.74) is -0.434. The number of hydrogen-bond donors (Lipinski definition) is 1. The molecule has 0 amide bonds. The molecule has 17 heavy (non-hydrogen) atoms. The summed E-state index contributed by atoms with van der Waals surface area (Å²) >= 11 is 0. The average Bonchev–Trinajstić information content (AvgIpc) is 2.28. The Kier molecular flexibility index (Phi) is 4.30. The molecule has 0 aliphatic carbocycles. The van der Waals surface area contributed by atoms with E-state index in [0.717, 1.165) is 12.1 Å². The zero-order valence-electron chi connectivity index (χ0n) is 9.17. The SMILES string of the molecule is CNCC=Cc1cc(C#N)cc(C(F)(F)F)c1. The van der Waals surface area contributed by atoms with Crippen molar-refractivity contribution < 1.29 is 13.2 Å². The molecule has 0 saturated heterocycles. The molecule has 0 atom stereocenters. The van der Waals surface area contributed by atoms with E-state index in [9.17, 15) is 13.2 Å². The van der Waals surface area contributed by atoms with Crippen molar-refractivity contribution in [3.63, 3.8) is 0 Å². The van der Waals surface area contributed by atoms with Gasteiger partial charge in [0.15, 0.2) is 0 Å². The van der Waals surface area contributed by atoms with Crippen LogP contribution in [0.5, 0.6) is 0 Å². The van der Waals surface area contributed by atoms with Crippen molar-refractivity contribution >= 4 is 6.08 Å². The molecule has 0 aromatic heterocycles. The molecular weight excluding hydrogens is 229 g/mol. The summed E-state index contributed by atoms with van der Waals surface area (Å²) in [6.45, 7) is 0.554. The highest BCUT2D eigenvalue weighted by Crippen LogP contribution is 2.30. The third kappa shape index (κ3) is 3.93. The van der Waals surface area contributed by atoms with E-state index in [-0.39, 0.29) is 5.56 Å². The Balaban J connectivity index is 3.11. The number of likely N-dealkylation sites (N-methyl/N-ethyl adjacent to an activating group) is 1. The van der Waals surface area contributed by atoms with Gasteiger partial charge in [0.1, 0.15) is 0 Å². The zero-order valence-corrected chi connectivity index (χ0v) is 9.17. The molecule has 90 valence electrons. The van der Waals surface area contributed by atoms with Crippen LogP contribution in [0.1, 0.15) is 16.7 Å². The van der Waals surface area contributed by atoms with E-state index in [1.807, 2.05) is 0 Å². The van der Waals surface area contributed by atoms with Gasteiger partial charge in [-0.1, -0.05) is 12.2 Å². The van der Waals surface area contributed by atoms with E-state index in [1.54, 1.807) is 25.3 Å². The number of nitriles is 1. The van der Waals surface area contributed by atoms with Crippen LogP contribution in [0.15, 0.2) is 24.3 Å². The van der Waals surface area contributed by atoms with Crippen LogP contribution in [-0.2, 0) is 6.18 Å². The maximum Gasteiger partial charge on any atom is 0.416 e. The third-order valence-corrected chi connectivity index (χ3v) is 2.04. The smallest absolute Gasteiger partial charge is 0.316 e. The van der Waals surface area contributed by atoms with Crippen molar-refractivity contribution in [3.8, 4) is 6.07 Å². The second kappa shape index (κ2) is 5.51. The molecule has 0 aliphatic rings. The molecule has 0 aliphatic heterocycles. The molecule has 0 fully saturated rings. The van der Waals surface area contributed by atoms with Gasteiger partial charge in [-0.2, -0.15) is 18.4 Å². The molecule has 0 unspecified atom stereocenters. The molecule has 0 radical (unpaired) electrons. The lowest BCUT2D eigenvalue weighted by Gasteiger charge is -2.07. The second-order valence-electron chi connectivity index (χ2n) is 3.41. The largest absolute Gasteiger partial charge is 0.416 e. The minimum absolute atomic E-state index is 0.00364. The van der Waals surface area contributed by atoms with Crippen molar-refractivity contribution in [2.75, 3.05) is 13.6 Å². The summed E-state index contributed by atoms with van der Waals surface area (Å²) in [6, 6.07) is 5.00. The van der Waals surface area contributed by atoms with Crippen molar-refractivity contribution in [3.05, 3.63) is 41.0 Å². The van der Waals surface area contributed by atoms with Crippen LogP contribution >= 0.6 is 0 Å². The maximum atomic E-state index is 12.5. The van der Waals surface area contributed by atoms with Crippen LogP contribution in [0.2, 0.25) is 0 Å². The number of alkyl halides is 3. The van der Waals surface area contributed by atoms with Gasteiger partial charge in [0.2, 0.25) is 0 Å². The van der Waals surface area contributed by atoms with E-state index < -0.39 is 11.7 Å². The Bertz CT molecular complexity index is 456. The number of hydrogen-bond acceptors (Lipinski definition) is 2. The highest BCUT2D eigenvalue weighted by molar-refractivity contribution is 5.54. The number of nitrogens with zero attached hydrogens (tertiary/aromatic N) is 1. The highest BCUT2D eigenvalue weighted by atomic mass is 19.4. The van der Waals surface area contributed by atoms with Gasteiger partial charge < -0.3 is 5.32 Å². The molecule has 1 aromatic rings. The fourth-order valence-electron chi connectivity index (χ4n) is 1.29. The standard InChI is InChI=1S/C12H11F3N2/c1-17-4-2-3-9-5-10(8-16)7-11(6-9)12(13,14)15/h2-3,5-7,17H,4H2,1H3. The molecule has 0 saturated carbocycles. The molecule has 5 heteroatoms. The van der Waals surface area contributed by atoms with E-state index in [4.69, 9.17) is 5.26 Å². The van der Waals surface area contributed by atoms with Gasteiger partial charge in [0, 0.05) is 6.54 Å². The minimum Gasteiger partial charge on any atom is -0.316 e. The normalized spacial score (nSPS) is 11.7. The van der Waals surface area contributed by atoms with Crippen molar-refractivity contribution in [1.29, 1.82) is 5.26 Å². The van der Waals surface area contributed by atoms with Gasteiger partial charge in [0.05, 0.1) is 17.2 Å². The third-order valence-electron chi connectivity index (χ3n) is 2.04. The average molecular weight is 240 g/mol. The first-order valence-electron chi connectivity index (χ1n) is 4.91. The quantitative estimate of drug-likeness (QED) is 0.881. The van der Waals surface area contributed by atoms with Crippen LogP contribution in [0.3, 0.4) is 0 Å². The maximum absolute atomic E-state index is 12.5. The second-order valence-corrected chi connectivity index (χ2v) is 3.41. The number of benzene rings is 1. The van der Waals surface area contributed by atoms with Crippen LogP contribution in [0.4, 0.5) is 13.2 Å². The van der Waals surface area contributed by atoms with Crippen molar-refractivity contribution in [1.82, 2.24) is 5.32 Å². The first kappa shape index (κ1) is 13.3. The molecule has 0 spiro atoms. The van der Waals surface area contributed by atoms with Crippen LogP contribution in [0.25, 0.3) is 6.08 Å². The van der Waals surface area contributed by atoms with Gasteiger partial charge in [0.25, 0.3) is 0 Å². The molecule has 0 bridgehead atoms. The Hall–Kier alpha value is -1.80. The van der Waals surface area contributed by atoms with Crippen LogP contribution in [0, 0.1) is 11.3 Å². The number of halogens is 3. The van der Waals surface area contributed by atoms with Gasteiger partial charge >= 0.3 is 6.18 Å². The Labute approximate surface area is 97.4 Å². The predicted molar refractivity (Wildman–Crippen MR) is 59.1 cm³/mol. The highest BCUT2D eigenvalue weighted by Gasteiger charge is 2.30. The Morgan fingerprint density at radius 2 is 2.06 bits per heavy atom. The van der Waals surface area contributed by atoms with Crippen LogP contribution < -0.4 is 5.32 Å². The summed E-state index contributed by atoms with van der Waals surface area (Å²) in [4.78, 5) is 0. The van der Waals surface area contributed by atoms with Crippen LogP contribution in [-0.4, -0.2) is 13.6 Å². The first-order chi connectivity index (χ1) is 7.97. The lowest BCUT2D eigenvalue weighted by atomic mass is 10.1. The van der Waals surface area contributed by atoms with E-state index in [1.165, 1.54) is 6.07 Å². The van der Waals surface area contributed by atoms with Gasteiger partial charge in [-0.3, -0.25) is 0 Å². The van der Waals surface area contributed by atoms with Crippen molar-refractivity contribution in [2.24, 2.45) is 0 Å². The lowest BCUT2D eigenvalue weighted by Crippen LogP contribution is -2.06. The topological polar surface area (TPSA) is 35.8 Å². The number of rotatable bonds is 3. The fraction of sp³-hybridized carbons (Fsp3) is 0.250. The summed E-state index contributed by atoms with van der Waals surface area (Å²) in [5.74, 6) is 0. The van der Waals surface area contributed by atoms with E-state index >= 15 is 0 Å². The van der Waals surface area contributed by atoms with Gasteiger partial charge in [-0.05, 0) is 30.8 Å². The molecule has 1 N–H and O–H groups in total. The Morgan fingerprint density at radius 3 is 2.59 bits per heavy atom. The van der Waals surface area contributed by atoms with Gasteiger partial charge in [-0.15, -0.1) is 0 Å². The van der Waals surface area contributed by atoms with Gasteiger partial charge in [-0.25, -0.2) is 0 Å². The van der Waals surface area contributed by atoms with E-state index in [2.05, 4.69) is 5.32 Å². The molecular formula is C12H11F3N2. The summed E-state index contributed by atoms with van der Waals surface area (Å²) in [7, 11) is 1.73. The number of nitrogens with one attached hydrogen (secondary N) is 1. The Morgan fingerprint density at radius 1 is 1.35 bits per heavy atom. The summed E-state index contributed by atoms with van der Waals surface area (Å²) < 4.78 is 37.6. The monoisotopic (exact) mass is 240 g/mol. The lowest BCUT2D eigenvalue weighted by molar-refractivity contribution is -0.137. The molecule has 1 rings (SSSR count). The van der Waals surface area contributed by atoms with E-state index in [0.29, 0.717) is 12.1 Å². The minimum atomic E-state index is -4.43. The molecule has 2 nitrogen and oxygen atoms in total. The molecule has 1 aromatic carbocycles. The fourth-order valence-corrected chi connectivity index (χ4v) is 1.29.